The molecule has 0 amide bonds. The standard InChI is InChI=1S/C13H26N2/c1-3-12(14)9-4-5-10-8(2)6-13(15)11(10)7-9/h8-13H,3-7,14-15H2,1-2H3. The number of hydrogen-bond acceptors (Lipinski definition) is 2. The van der Waals surface area contributed by atoms with E-state index in [1.54, 1.807) is 0 Å². The first kappa shape index (κ1) is 11.4. The quantitative estimate of drug-likeness (QED) is 0.733. The molecule has 6 atom stereocenters. The summed E-state index contributed by atoms with van der Waals surface area (Å²) in [7, 11) is 0. The van der Waals surface area contributed by atoms with E-state index in [2.05, 4.69) is 13.8 Å². The second kappa shape index (κ2) is 4.42. The third-order valence-corrected chi connectivity index (χ3v) is 5.00. The van der Waals surface area contributed by atoms with Crippen LogP contribution in [0.3, 0.4) is 0 Å². The van der Waals surface area contributed by atoms with Crippen molar-refractivity contribution in [3.63, 3.8) is 0 Å². The number of hydrogen-bond donors (Lipinski definition) is 2. The molecule has 0 heterocycles. The second-order valence-electron chi connectivity index (χ2n) is 5.85. The van der Waals surface area contributed by atoms with Gasteiger partial charge in [-0.1, -0.05) is 13.8 Å². The molecular formula is C13H26N2. The first-order valence-corrected chi connectivity index (χ1v) is 6.64. The molecule has 2 saturated carbocycles. The van der Waals surface area contributed by atoms with E-state index in [9.17, 15) is 0 Å². The molecule has 0 aliphatic heterocycles. The second-order valence-corrected chi connectivity index (χ2v) is 5.85. The van der Waals surface area contributed by atoms with Crippen molar-refractivity contribution in [1.82, 2.24) is 0 Å². The van der Waals surface area contributed by atoms with Crippen LogP contribution in [0.25, 0.3) is 0 Å². The Balaban J connectivity index is 1.99. The Hall–Kier alpha value is -0.0800. The summed E-state index contributed by atoms with van der Waals surface area (Å²) in [5.74, 6) is 3.27. The van der Waals surface area contributed by atoms with Gasteiger partial charge in [-0.2, -0.15) is 0 Å². The molecule has 0 saturated heterocycles. The molecule has 2 nitrogen and oxygen atoms in total. The van der Waals surface area contributed by atoms with Gasteiger partial charge >= 0.3 is 0 Å². The average Bonchev–Trinajstić information content (AvgIpc) is 2.53. The van der Waals surface area contributed by atoms with Crippen LogP contribution >= 0.6 is 0 Å². The summed E-state index contributed by atoms with van der Waals surface area (Å²) in [4.78, 5) is 0. The zero-order valence-corrected chi connectivity index (χ0v) is 10.2. The van der Waals surface area contributed by atoms with E-state index >= 15 is 0 Å². The van der Waals surface area contributed by atoms with E-state index in [4.69, 9.17) is 11.5 Å². The molecule has 15 heavy (non-hydrogen) atoms. The van der Waals surface area contributed by atoms with Gasteiger partial charge in [-0.05, 0) is 55.8 Å². The molecule has 0 radical (unpaired) electrons. The Labute approximate surface area is 93.8 Å². The molecule has 0 spiro atoms. The first-order valence-electron chi connectivity index (χ1n) is 6.64. The van der Waals surface area contributed by atoms with Crippen LogP contribution < -0.4 is 11.5 Å². The van der Waals surface area contributed by atoms with Crippen LogP contribution in [0, 0.1) is 23.7 Å². The van der Waals surface area contributed by atoms with Gasteiger partial charge in [0, 0.05) is 12.1 Å². The molecule has 0 bridgehead atoms. The van der Waals surface area contributed by atoms with Crippen LogP contribution in [-0.4, -0.2) is 12.1 Å². The van der Waals surface area contributed by atoms with Crippen molar-refractivity contribution in [2.24, 2.45) is 35.1 Å². The molecule has 2 heteroatoms. The molecule has 0 aromatic heterocycles. The summed E-state index contributed by atoms with van der Waals surface area (Å²) in [6.45, 7) is 4.58. The molecule has 2 fully saturated rings. The lowest BCUT2D eigenvalue weighted by Gasteiger charge is -2.37. The topological polar surface area (TPSA) is 52.0 Å². The minimum Gasteiger partial charge on any atom is -0.327 e. The van der Waals surface area contributed by atoms with E-state index in [1.165, 1.54) is 25.7 Å². The monoisotopic (exact) mass is 210 g/mol. The maximum Gasteiger partial charge on any atom is 0.00726 e. The van der Waals surface area contributed by atoms with Crippen molar-refractivity contribution < 1.29 is 0 Å². The lowest BCUT2D eigenvalue weighted by molar-refractivity contribution is 0.155. The maximum absolute atomic E-state index is 6.24. The molecular weight excluding hydrogens is 184 g/mol. The summed E-state index contributed by atoms with van der Waals surface area (Å²) in [6.07, 6.45) is 6.37. The van der Waals surface area contributed by atoms with Gasteiger partial charge in [0.25, 0.3) is 0 Å². The van der Waals surface area contributed by atoms with Gasteiger partial charge in [0.1, 0.15) is 0 Å². The third kappa shape index (κ3) is 2.07. The van der Waals surface area contributed by atoms with Gasteiger partial charge < -0.3 is 11.5 Å². The Morgan fingerprint density at radius 2 is 1.93 bits per heavy atom. The molecule has 4 N–H and O–H groups in total. The normalized spacial score (nSPS) is 47.6. The highest BCUT2D eigenvalue weighted by molar-refractivity contribution is 4.96. The molecule has 0 aromatic rings. The smallest absolute Gasteiger partial charge is 0.00726 e. The van der Waals surface area contributed by atoms with E-state index < -0.39 is 0 Å². The minimum atomic E-state index is 0.411. The first-order chi connectivity index (χ1) is 7.13. The van der Waals surface area contributed by atoms with E-state index in [-0.39, 0.29) is 0 Å². The van der Waals surface area contributed by atoms with Crippen molar-refractivity contribution >= 4 is 0 Å². The Morgan fingerprint density at radius 3 is 2.60 bits per heavy atom. The van der Waals surface area contributed by atoms with Gasteiger partial charge in [-0.25, -0.2) is 0 Å². The van der Waals surface area contributed by atoms with Crippen molar-refractivity contribution in [3.8, 4) is 0 Å². The predicted octanol–water partition coefficient (Wildman–Crippen LogP) is 2.12. The van der Waals surface area contributed by atoms with Gasteiger partial charge in [0.2, 0.25) is 0 Å². The van der Waals surface area contributed by atoms with Crippen LogP contribution in [0.2, 0.25) is 0 Å². The number of fused-ring (bicyclic) bond motifs is 1. The van der Waals surface area contributed by atoms with Crippen LogP contribution in [0.1, 0.15) is 46.0 Å². The molecule has 2 aliphatic carbocycles. The molecule has 6 unspecified atom stereocenters. The third-order valence-electron chi connectivity index (χ3n) is 5.00. The summed E-state index contributed by atoms with van der Waals surface area (Å²) < 4.78 is 0. The highest BCUT2D eigenvalue weighted by Crippen LogP contribution is 2.47. The van der Waals surface area contributed by atoms with E-state index in [1.807, 2.05) is 0 Å². The number of nitrogens with two attached hydrogens (primary N) is 2. The van der Waals surface area contributed by atoms with Gasteiger partial charge in [0.05, 0.1) is 0 Å². The fraction of sp³-hybridized carbons (Fsp3) is 1.00. The highest BCUT2D eigenvalue weighted by Gasteiger charge is 2.43. The maximum atomic E-state index is 6.24. The lowest BCUT2D eigenvalue weighted by Crippen LogP contribution is -2.39. The fourth-order valence-corrected chi connectivity index (χ4v) is 3.96. The minimum absolute atomic E-state index is 0.411. The van der Waals surface area contributed by atoms with Gasteiger partial charge in [-0.3, -0.25) is 0 Å². The molecule has 88 valence electrons. The van der Waals surface area contributed by atoms with Crippen LogP contribution in [0.15, 0.2) is 0 Å². The zero-order valence-electron chi connectivity index (χ0n) is 10.2. The zero-order chi connectivity index (χ0) is 11.0. The highest BCUT2D eigenvalue weighted by atomic mass is 14.7. The molecule has 0 aromatic carbocycles. The van der Waals surface area contributed by atoms with Crippen molar-refractivity contribution in [1.29, 1.82) is 0 Å². The predicted molar refractivity (Wildman–Crippen MR) is 64.3 cm³/mol. The Kier molecular flexibility index (Phi) is 3.36. The summed E-state index contributed by atoms with van der Waals surface area (Å²) in [6, 6.07) is 0.867. The average molecular weight is 210 g/mol. The molecule has 2 rings (SSSR count). The summed E-state index contributed by atoms with van der Waals surface area (Å²) >= 11 is 0. The van der Waals surface area contributed by atoms with Crippen LogP contribution in [0.5, 0.6) is 0 Å². The SMILES string of the molecule is CCC(N)C1CCC2C(C)CC(N)C2C1. The van der Waals surface area contributed by atoms with Gasteiger partial charge in [-0.15, -0.1) is 0 Å². The van der Waals surface area contributed by atoms with Crippen LogP contribution in [-0.2, 0) is 0 Å². The van der Waals surface area contributed by atoms with E-state index in [0.717, 1.165) is 30.1 Å². The number of rotatable bonds is 2. The van der Waals surface area contributed by atoms with Crippen molar-refractivity contribution in [3.05, 3.63) is 0 Å². The lowest BCUT2D eigenvalue weighted by atomic mass is 9.70. The molecule has 2 aliphatic rings. The van der Waals surface area contributed by atoms with Crippen LogP contribution in [0.4, 0.5) is 0 Å². The van der Waals surface area contributed by atoms with Crippen molar-refractivity contribution in [2.75, 3.05) is 0 Å². The largest absolute Gasteiger partial charge is 0.327 e. The van der Waals surface area contributed by atoms with Crippen molar-refractivity contribution in [2.45, 2.75) is 58.0 Å². The fourth-order valence-electron chi connectivity index (χ4n) is 3.96. The van der Waals surface area contributed by atoms with E-state index in [0.29, 0.717) is 12.1 Å². The Bertz CT molecular complexity index is 217. The Morgan fingerprint density at radius 1 is 1.20 bits per heavy atom. The summed E-state index contributed by atoms with van der Waals surface area (Å²) in [5, 5.41) is 0. The summed E-state index contributed by atoms with van der Waals surface area (Å²) in [5.41, 5.74) is 12.4. The van der Waals surface area contributed by atoms with Gasteiger partial charge in [0.15, 0.2) is 0 Å².